The van der Waals surface area contributed by atoms with Crippen molar-refractivity contribution in [2.24, 2.45) is 11.8 Å². The van der Waals surface area contributed by atoms with Crippen molar-refractivity contribution in [3.05, 3.63) is 23.8 Å². The molecule has 1 aromatic rings. The molecule has 1 aliphatic carbocycles. The van der Waals surface area contributed by atoms with Gasteiger partial charge in [-0.25, -0.2) is 13.1 Å². The standard InChI is InChI=1S/C15H24N2O2S/c1-4-12-6-7-14(11(12)3)17-20(18,19)15-8-5-10(2)9-13(15)16/h5,8-9,11-12,14,17H,4,6-7,16H2,1-3H3. The molecule has 3 unspecified atom stereocenters. The van der Waals surface area contributed by atoms with Crippen LogP contribution in [0.25, 0.3) is 0 Å². The molecular formula is C15H24N2O2S. The molecule has 20 heavy (non-hydrogen) atoms. The third kappa shape index (κ3) is 2.99. The average Bonchev–Trinajstić information content (AvgIpc) is 2.69. The highest BCUT2D eigenvalue weighted by atomic mass is 32.2. The van der Waals surface area contributed by atoms with Gasteiger partial charge >= 0.3 is 0 Å². The lowest BCUT2D eigenvalue weighted by molar-refractivity contribution is 0.368. The van der Waals surface area contributed by atoms with E-state index in [1.807, 2.05) is 6.92 Å². The second kappa shape index (κ2) is 5.74. The SMILES string of the molecule is CCC1CCC(NS(=O)(=O)c2ccc(C)cc2N)C1C. The first kappa shape index (κ1) is 15.3. The number of nitrogens with two attached hydrogens (primary N) is 1. The quantitative estimate of drug-likeness (QED) is 0.839. The van der Waals surface area contributed by atoms with Gasteiger partial charge in [0.25, 0.3) is 0 Å². The number of hydrogen-bond donors (Lipinski definition) is 2. The summed E-state index contributed by atoms with van der Waals surface area (Å²) in [7, 11) is -3.53. The van der Waals surface area contributed by atoms with Crippen molar-refractivity contribution in [3.63, 3.8) is 0 Å². The largest absolute Gasteiger partial charge is 0.398 e. The van der Waals surface area contributed by atoms with Crippen LogP contribution in [0, 0.1) is 18.8 Å². The predicted octanol–water partition coefficient (Wildman–Crippen LogP) is 2.68. The Kier molecular flexibility index (Phi) is 4.39. The molecule has 0 bridgehead atoms. The second-order valence-corrected chi connectivity index (χ2v) is 7.56. The zero-order valence-corrected chi connectivity index (χ0v) is 13.2. The summed E-state index contributed by atoms with van der Waals surface area (Å²) in [6.45, 7) is 6.19. The van der Waals surface area contributed by atoms with E-state index in [0.29, 0.717) is 17.5 Å². The lowest BCUT2D eigenvalue weighted by atomic mass is 9.94. The van der Waals surface area contributed by atoms with Gasteiger partial charge in [0.15, 0.2) is 0 Å². The van der Waals surface area contributed by atoms with Crippen LogP contribution in [0.4, 0.5) is 5.69 Å². The number of hydrogen-bond acceptors (Lipinski definition) is 3. The molecule has 2 rings (SSSR count). The Balaban J connectivity index is 2.20. The molecule has 112 valence electrons. The summed E-state index contributed by atoms with van der Waals surface area (Å²) in [6, 6.07) is 5.08. The monoisotopic (exact) mass is 296 g/mol. The van der Waals surface area contributed by atoms with Crippen molar-refractivity contribution in [2.75, 3.05) is 5.73 Å². The molecule has 1 aromatic carbocycles. The van der Waals surface area contributed by atoms with Gasteiger partial charge in [-0.15, -0.1) is 0 Å². The van der Waals surface area contributed by atoms with Crippen molar-refractivity contribution in [1.82, 2.24) is 4.72 Å². The van der Waals surface area contributed by atoms with E-state index >= 15 is 0 Å². The van der Waals surface area contributed by atoms with Gasteiger partial charge in [0.2, 0.25) is 10.0 Å². The fourth-order valence-electron chi connectivity index (χ4n) is 3.17. The molecule has 0 aromatic heterocycles. The molecule has 3 atom stereocenters. The molecule has 0 aliphatic heterocycles. The van der Waals surface area contributed by atoms with Crippen LogP contribution in [0.3, 0.4) is 0 Å². The van der Waals surface area contributed by atoms with E-state index in [1.54, 1.807) is 18.2 Å². The van der Waals surface area contributed by atoms with Gasteiger partial charge in [0, 0.05) is 6.04 Å². The Labute approximate surface area is 121 Å². The Morgan fingerprint density at radius 3 is 2.60 bits per heavy atom. The Morgan fingerprint density at radius 2 is 2.05 bits per heavy atom. The Bertz CT molecular complexity index is 584. The molecule has 4 nitrogen and oxygen atoms in total. The first-order chi connectivity index (χ1) is 9.35. The van der Waals surface area contributed by atoms with Gasteiger partial charge < -0.3 is 5.73 Å². The van der Waals surface area contributed by atoms with Crippen LogP contribution in [-0.4, -0.2) is 14.5 Å². The predicted molar refractivity (Wildman–Crippen MR) is 81.9 cm³/mol. The maximum Gasteiger partial charge on any atom is 0.242 e. The van der Waals surface area contributed by atoms with Crippen LogP contribution in [0.2, 0.25) is 0 Å². The van der Waals surface area contributed by atoms with Crippen LogP contribution in [-0.2, 0) is 10.0 Å². The van der Waals surface area contributed by atoms with Gasteiger partial charge in [-0.05, 0) is 49.3 Å². The van der Waals surface area contributed by atoms with Gasteiger partial charge in [0.05, 0.1) is 5.69 Å². The summed E-state index contributed by atoms with van der Waals surface area (Å²) in [6.07, 6.45) is 3.10. The number of rotatable bonds is 4. The summed E-state index contributed by atoms with van der Waals surface area (Å²) in [5.74, 6) is 0.986. The Hall–Kier alpha value is -1.07. The summed E-state index contributed by atoms with van der Waals surface area (Å²) >= 11 is 0. The molecule has 1 aliphatic rings. The minimum absolute atomic E-state index is 0.0191. The molecule has 0 heterocycles. The van der Waals surface area contributed by atoms with E-state index in [9.17, 15) is 8.42 Å². The third-order valence-corrected chi connectivity index (χ3v) is 6.08. The maximum absolute atomic E-state index is 12.5. The molecule has 1 fully saturated rings. The molecule has 1 saturated carbocycles. The van der Waals surface area contributed by atoms with Crippen LogP contribution < -0.4 is 10.5 Å². The van der Waals surface area contributed by atoms with Gasteiger partial charge in [-0.2, -0.15) is 0 Å². The zero-order valence-electron chi connectivity index (χ0n) is 12.4. The fourth-order valence-corrected chi connectivity index (χ4v) is 4.64. The van der Waals surface area contributed by atoms with E-state index in [1.165, 1.54) is 0 Å². The summed E-state index contributed by atoms with van der Waals surface area (Å²) in [5.41, 5.74) is 7.13. The molecule has 0 spiro atoms. The molecule has 0 saturated heterocycles. The van der Waals surface area contributed by atoms with Crippen molar-refractivity contribution < 1.29 is 8.42 Å². The van der Waals surface area contributed by atoms with Crippen molar-refractivity contribution in [3.8, 4) is 0 Å². The van der Waals surface area contributed by atoms with E-state index in [-0.39, 0.29) is 10.9 Å². The minimum Gasteiger partial charge on any atom is -0.398 e. The zero-order chi connectivity index (χ0) is 14.9. The maximum atomic E-state index is 12.5. The molecule has 3 N–H and O–H groups in total. The summed E-state index contributed by atoms with van der Waals surface area (Å²) < 4.78 is 27.8. The van der Waals surface area contributed by atoms with Crippen molar-refractivity contribution in [2.45, 2.75) is 51.0 Å². The van der Waals surface area contributed by atoms with Crippen LogP contribution >= 0.6 is 0 Å². The molecular weight excluding hydrogens is 272 g/mol. The summed E-state index contributed by atoms with van der Waals surface area (Å²) in [4.78, 5) is 0.190. The topological polar surface area (TPSA) is 72.2 Å². The molecule has 5 heteroatoms. The van der Waals surface area contributed by atoms with E-state index in [4.69, 9.17) is 5.73 Å². The number of anilines is 1. The number of nitrogens with one attached hydrogen (secondary N) is 1. The third-order valence-electron chi connectivity index (χ3n) is 4.51. The highest BCUT2D eigenvalue weighted by molar-refractivity contribution is 7.89. The highest BCUT2D eigenvalue weighted by Gasteiger charge is 2.34. The van der Waals surface area contributed by atoms with Gasteiger partial charge in [-0.3, -0.25) is 0 Å². The fraction of sp³-hybridized carbons (Fsp3) is 0.600. The number of aryl methyl sites for hydroxylation is 1. The van der Waals surface area contributed by atoms with Crippen molar-refractivity contribution in [1.29, 1.82) is 0 Å². The highest BCUT2D eigenvalue weighted by Crippen LogP contribution is 2.35. The number of benzene rings is 1. The van der Waals surface area contributed by atoms with Crippen LogP contribution in [0.15, 0.2) is 23.1 Å². The van der Waals surface area contributed by atoms with Crippen LogP contribution in [0.5, 0.6) is 0 Å². The lowest BCUT2D eigenvalue weighted by Crippen LogP contribution is -2.37. The van der Waals surface area contributed by atoms with Gasteiger partial charge in [0.1, 0.15) is 4.90 Å². The first-order valence-electron chi connectivity index (χ1n) is 7.23. The van der Waals surface area contributed by atoms with Gasteiger partial charge in [-0.1, -0.05) is 26.3 Å². The van der Waals surface area contributed by atoms with E-state index < -0.39 is 10.0 Å². The van der Waals surface area contributed by atoms with E-state index in [2.05, 4.69) is 18.6 Å². The Morgan fingerprint density at radius 1 is 1.35 bits per heavy atom. The van der Waals surface area contributed by atoms with Crippen LogP contribution in [0.1, 0.15) is 38.7 Å². The number of sulfonamides is 1. The molecule has 0 radical (unpaired) electrons. The molecule has 0 amide bonds. The second-order valence-electron chi connectivity index (χ2n) is 5.87. The summed E-state index contributed by atoms with van der Waals surface area (Å²) in [5, 5.41) is 0. The normalized spacial score (nSPS) is 26.9. The smallest absolute Gasteiger partial charge is 0.242 e. The van der Waals surface area contributed by atoms with Crippen molar-refractivity contribution >= 4 is 15.7 Å². The first-order valence-corrected chi connectivity index (χ1v) is 8.72. The van der Waals surface area contributed by atoms with E-state index in [0.717, 1.165) is 24.8 Å². The number of nitrogen functional groups attached to an aromatic ring is 1. The average molecular weight is 296 g/mol. The minimum atomic E-state index is -3.53. The lowest BCUT2D eigenvalue weighted by Gasteiger charge is -2.21.